The Bertz CT molecular complexity index is 459. The number of benzene rings is 1. The van der Waals surface area contributed by atoms with E-state index in [1.807, 2.05) is 31.2 Å². The molecule has 2 rings (SSSR count). The van der Waals surface area contributed by atoms with Crippen LogP contribution in [-0.4, -0.2) is 49.7 Å². The first-order valence-corrected chi connectivity index (χ1v) is 7.57. The number of hydrogen-bond donors (Lipinski definition) is 2. The molecule has 1 aromatic rings. The van der Waals surface area contributed by atoms with Gasteiger partial charge in [-0.05, 0) is 31.0 Å². The van der Waals surface area contributed by atoms with Gasteiger partial charge in [0.25, 0.3) is 0 Å². The molecule has 21 heavy (non-hydrogen) atoms. The van der Waals surface area contributed by atoms with Crippen LogP contribution in [0, 0.1) is 0 Å². The van der Waals surface area contributed by atoms with Crippen LogP contribution in [0.1, 0.15) is 18.9 Å². The van der Waals surface area contributed by atoms with Crippen LogP contribution >= 0.6 is 0 Å². The quantitative estimate of drug-likeness (QED) is 0.769. The molecule has 1 aliphatic heterocycles. The fraction of sp³-hybridized carbons (Fsp3) is 0.562. The minimum absolute atomic E-state index is 0.0955. The van der Waals surface area contributed by atoms with Crippen LogP contribution in [0.2, 0.25) is 0 Å². The topological polar surface area (TPSA) is 67.6 Å². The number of rotatable bonds is 6. The lowest BCUT2D eigenvalue weighted by Crippen LogP contribution is -2.46. The van der Waals surface area contributed by atoms with Crippen molar-refractivity contribution < 1.29 is 9.53 Å². The predicted octanol–water partition coefficient (Wildman–Crippen LogP) is 1.04. The highest BCUT2D eigenvalue weighted by Gasteiger charge is 2.15. The molecule has 0 spiro atoms. The smallest absolute Gasteiger partial charge is 0.220 e. The number of aryl methyl sites for hydroxylation is 1. The van der Waals surface area contributed by atoms with Crippen LogP contribution in [0.15, 0.2) is 24.3 Å². The van der Waals surface area contributed by atoms with Crippen molar-refractivity contribution in [3.8, 4) is 0 Å². The standard InChI is InChI=1S/C16H25N3O2/c1-13(12-19-7-9-21-10-8-19)18-16(20)6-5-14-3-2-4-15(17)11-14/h2-4,11,13H,5-10,12,17H2,1H3,(H,18,20). The Labute approximate surface area is 126 Å². The number of nitrogens with one attached hydrogen (secondary N) is 1. The molecule has 5 heteroatoms. The Balaban J connectivity index is 1.68. The van der Waals surface area contributed by atoms with Crippen molar-refractivity contribution in [3.05, 3.63) is 29.8 Å². The summed E-state index contributed by atoms with van der Waals surface area (Å²) in [6.45, 7) is 6.40. The fourth-order valence-corrected chi connectivity index (χ4v) is 2.57. The van der Waals surface area contributed by atoms with Crippen molar-refractivity contribution in [2.45, 2.75) is 25.8 Å². The average molecular weight is 291 g/mol. The van der Waals surface area contributed by atoms with Gasteiger partial charge in [0.05, 0.1) is 13.2 Å². The number of carbonyl (C=O) groups is 1. The molecule has 0 aliphatic carbocycles. The van der Waals surface area contributed by atoms with E-state index in [1.54, 1.807) is 0 Å². The molecule has 1 unspecified atom stereocenters. The van der Waals surface area contributed by atoms with Crippen molar-refractivity contribution in [1.82, 2.24) is 10.2 Å². The minimum Gasteiger partial charge on any atom is -0.399 e. The maximum atomic E-state index is 12.0. The van der Waals surface area contributed by atoms with Gasteiger partial charge in [-0.1, -0.05) is 12.1 Å². The fourth-order valence-electron chi connectivity index (χ4n) is 2.57. The van der Waals surface area contributed by atoms with E-state index in [0.717, 1.165) is 50.5 Å². The number of ether oxygens (including phenoxy) is 1. The van der Waals surface area contributed by atoms with Gasteiger partial charge in [0.15, 0.2) is 0 Å². The molecule has 1 fully saturated rings. The van der Waals surface area contributed by atoms with Crippen LogP contribution in [0.5, 0.6) is 0 Å². The van der Waals surface area contributed by atoms with E-state index in [1.165, 1.54) is 0 Å². The summed E-state index contributed by atoms with van der Waals surface area (Å²) < 4.78 is 5.32. The first kappa shape index (κ1) is 15.8. The van der Waals surface area contributed by atoms with Gasteiger partial charge in [-0.25, -0.2) is 0 Å². The second-order valence-electron chi connectivity index (χ2n) is 5.63. The monoisotopic (exact) mass is 291 g/mol. The largest absolute Gasteiger partial charge is 0.399 e. The van der Waals surface area contributed by atoms with E-state index in [4.69, 9.17) is 10.5 Å². The molecule has 1 amide bonds. The lowest BCUT2D eigenvalue weighted by molar-refractivity contribution is -0.121. The van der Waals surface area contributed by atoms with E-state index >= 15 is 0 Å². The Morgan fingerprint density at radius 2 is 2.19 bits per heavy atom. The van der Waals surface area contributed by atoms with Crippen molar-refractivity contribution in [3.63, 3.8) is 0 Å². The number of nitrogens with zero attached hydrogens (tertiary/aromatic N) is 1. The number of anilines is 1. The molecule has 116 valence electrons. The third-order valence-corrected chi connectivity index (χ3v) is 3.63. The summed E-state index contributed by atoms with van der Waals surface area (Å²) in [7, 11) is 0. The highest BCUT2D eigenvalue weighted by atomic mass is 16.5. The molecule has 0 saturated carbocycles. The van der Waals surface area contributed by atoms with Gasteiger partial charge in [-0.15, -0.1) is 0 Å². The molecule has 1 heterocycles. The maximum Gasteiger partial charge on any atom is 0.220 e. The molecular weight excluding hydrogens is 266 g/mol. The highest BCUT2D eigenvalue weighted by molar-refractivity contribution is 5.76. The van der Waals surface area contributed by atoms with Gasteiger partial charge in [0.1, 0.15) is 0 Å². The lowest BCUT2D eigenvalue weighted by Gasteiger charge is -2.29. The Morgan fingerprint density at radius 1 is 1.43 bits per heavy atom. The van der Waals surface area contributed by atoms with Gasteiger partial charge in [-0.3, -0.25) is 9.69 Å². The SMILES string of the molecule is CC(CN1CCOCC1)NC(=O)CCc1cccc(N)c1. The number of nitrogens with two attached hydrogens (primary N) is 1. The van der Waals surface area contributed by atoms with E-state index in [2.05, 4.69) is 10.2 Å². The maximum absolute atomic E-state index is 12.0. The molecular formula is C16H25N3O2. The number of morpholine rings is 1. The number of amides is 1. The van der Waals surface area contributed by atoms with Crippen LogP contribution < -0.4 is 11.1 Å². The third-order valence-electron chi connectivity index (χ3n) is 3.63. The summed E-state index contributed by atoms with van der Waals surface area (Å²) in [6.07, 6.45) is 1.22. The average Bonchev–Trinajstić information content (AvgIpc) is 2.46. The van der Waals surface area contributed by atoms with Gasteiger partial charge < -0.3 is 15.8 Å². The molecule has 0 aromatic heterocycles. The Kier molecular flexibility index (Phi) is 6.02. The molecule has 5 nitrogen and oxygen atoms in total. The first-order valence-electron chi connectivity index (χ1n) is 7.57. The Morgan fingerprint density at radius 3 is 2.90 bits per heavy atom. The molecule has 0 bridgehead atoms. The van der Waals surface area contributed by atoms with E-state index < -0.39 is 0 Å². The summed E-state index contributed by atoms with van der Waals surface area (Å²) in [5.74, 6) is 0.0955. The van der Waals surface area contributed by atoms with Crippen molar-refractivity contribution in [2.75, 3.05) is 38.6 Å². The number of hydrogen-bond acceptors (Lipinski definition) is 4. The summed E-state index contributed by atoms with van der Waals surface area (Å²) in [6, 6.07) is 7.86. The zero-order chi connectivity index (χ0) is 15.1. The van der Waals surface area contributed by atoms with Crippen LogP contribution in [0.3, 0.4) is 0 Å². The van der Waals surface area contributed by atoms with Crippen LogP contribution in [0.25, 0.3) is 0 Å². The first-order chi connectivity index (χ1) is 10.1. The van der Waals surface area contributed by atoms with Crippen LogP contribution in [-0.2, 0) is 16.0 Å². The molecule has 1 atom stereocenters. The second-order valence-corrected chi connectivity index (χ2v) is 5.63. The highest BCUT2D eigenvalue weighted by Crippen LogP contribution is 2.08. The van der Waals surface area contributed by atoms with Crippen molar-refractivity contribution in [1.29, 1.82) is 0 Å². The van der Waals surface area contributed by atoms with Gasteiger partial charge in [0.2, 0.25) is 5.91 Å². The number of nitrogen functional groups attached to an aromatic ring is 1. The van der Waals surface area contributed by atoms with E-state index in [9.17, 15) is 4.79 Å². The van der Waals surface area contributed by atoms with E-state index in [0.29, 0.717) is 6.42 Å². The molecule has 1 aromatic carbocycles. The summed E-state index contributed by atoms with van der Waals surface area (Å²) in [4.78, 5) is 14.3. The zero-order valence-corrected chi connectivity index (χ0v) is 12.7. The van der Waals surface area contributed by atoms with E-state index in [-0.39, 0.29) is 11.9 Å². The zero-order valence-electron chi connectivity index (χ0n) is 12.7. The summed E-state index contributed by atoms with van der Waals surface area (Å²) >= 11 is 0. The molecule has 1 saturated heterocycles. The van der Waals surface area contributed by atoms with Gasteiger partial charge in [0, 0.05) is 37.8 Å². The summed E-state index contributed by atoms with van der Waals surface area (Å²) in [5.41, 5.74) is 7.58. The normalized spacial score (nSPS) is 17.4. The Hall–Kier alpha value is -1.59. The third kappa shape index (κ3) is 5.73. The summed E-state index contributed by atoms with van der Waals surface area (Å²) in [5, 5.41) is 3.06. The second kappa shape index (κ2) is 8.00. The minimum atomic E-state index is 0.0955. The lowest BCUT2D eigenvalue weighted by atomic mass is 10.1. The van der Waals surface area contributed by atoms with Gasteiger partial charge in [-0.2, -0.15) is 0 Å². The van der Waals surface area contributed by atoms with Crippen LogP contribution in [0.4, 0.5) is 5.69 Å². The van der Waals surface area contributed by atoms with Crippen molar-refractivity contribution in [2.24, 2.45) is 0 Å². The number of carbonyl (C=O) groups excluding carboxylic acids is 1. The predicted molar refractivity (Wildman–Crippen MR) is 84.0 cm³/mol. The molecule has 1 aliphatic rings. The molecule has 0 radical (unpaired) electrons. The van der Waals surface area contributed by atoms with Crippen molar-refractivity contribution >= 4 is 11.6 Å². The van der Waals surface area contributed by atoms with Gasteiger partial charge >= 0.3 is 0 Å². The molecule has 3 N–H and O–H groups in total.